The number of aromatic nitrogens is 1. The minimum Gasteiger partial charge on any atom is -0.465 e. The summed E-state index contributed by atoms with van der Waals surface area (Å²) in [6.07, 6.45) is 1.35. The van der Waals surface area contributed by atoms with Crippen molar-refractivity contribution in [1.29, 1.82) is 0 Å². The Bertz CT molecular complexity index is 853. The highest BCUT2D eigenvalue weighted by Crippen LogP contribution is 2.26. The number of carbonyl (C=O) groups excluding carboxylic acids is 2. The molecule has 0 unspecified atom stereocenters. The quantitative estimate of drug-likeness (QED) is 0.257. The number of carbonyl (C=O) groups is 2. The molecule has 0 aliphatic carbocycles. The van der Waals surface area contributed by atoms with Crippen molar-refractivity contribution in [2.24, 2.45) is 5.11 Å². The van der Waals surface area contributed by atoms with Crippen molar-refractivity contribution < 1.29 is 18.7 Å². The number of esters is 1. The molecule has 0 atom stereocenters. The van der Waals surface area contributed by atoms with E-state index in [-0.39, 0.29) is 28.7 Å². The largest absolute Gasteiger partial charge is 0.465 e. The maximum Gasteiger partial charge on any atom is 0.316 e. The SMILES string of the molecule is CCOC(=O)CSc1ccc(C(=O)Nc2ccc(F)cc2N=[N+]=[N-])cn1. The van der Waals surface area contributed by atoms with Crippen LogP contribution in [0, 0.1) is 5.82 Å². The summed E-state index contributed by atoms with van der Waals surface area (Å²) in [6.45, 7) is 2.04. The smallest absolute Gasteiger partial charge is 0.316 e. The van der Waals surface area contributed by atoms with E-state index in [0.29, 0.717) is 11.6 Å². The van der Waals surface area contributed by atoms with Gasteiger partial charge in [0.1, 0.15) is 5.82 Å². The summed E-state index contributed by atoms with van der Waals surface area (Å²) < 4.78 is 18.0. The fourth-order valence-corrected chi connectivity index (χ4v) is 2.51. The zero-order valence-electron chi connectivity index (χ0n) is 13.7. The molecule has 10 heteroatoms. The van der Waals surface area contributed by atoms with Gasteiger partial charge in [0.25, 0.3) is 5.91 Å². The van der Waals surface area contributed by atoms with Gasteiger partial charge < -0.3 is 10.1 Å². The van der Waals surface area contributed by atoms with Gasteiger partial charge in [-0.3, -0.25) is 9.59 Å². The number of anilines is 1. The first-order valence-corrected chi connectivity index (χ1v) is 8.42. The number of hydrogen-bond acceptors (Lipinski definition) is 6. The van der Waals surface area contributed by atoms with Crippen molar-refractivity contribution >= 4 is 35.0 Å². The Morgan fingerprint density at radius 2 is 2.19 bits per heavy atom. The van der Waals surface area contributed by atoms with Crippen LogP contribution < -0.4 is 5.32 Å². The van der Waals surface area contributed by atoms with E-state index in [4.69, 9.17) is 10.3 Å². The Labute approximate surface area is 152 Å². The summed E-state index contributed by atoms with van der Waals surface area (Å²) >= 11 is 1.19. The summed E-state index contributed by atoms with van der Waals surface area (Å²) in [4.78, 5) is 30.3. The Balaban J connectivity index is 2.04. The predicted octanol–water partition coefficient (Wildman–Crippen LogP) is 4.07. The lowest BCUT2D eigenvalue weighted by Gasteiger charge is -2.08. The zero-order chi connectivity index (χ0) is 18.9. The number of benzene rings is 1. The summed E-state index contributed by atoms with van der Waals surface area (Å²) in [5, 5.41) is 6.44. The van der Waals surface area contributed by atoms with E-state index >= 15 is 0 Å². The molecule has 2 rings (SSSR count). The molecule has 1 heterocycles. The molecule has 8 nitrogen and oxygen atoms in total. The van der Waals surface area contributed by atoms with E-state index < -0.39 is 11.7 Å². The molecule has 0 aliphatic rings. The third kappa shape index (κ3) is 5.47. The molecule has 1 aromatic carbocycles. The van der Waals surface area contributed by atoms with Gasteiger partial charge in [-0.1, -0.05) is 16.9 Å². The first-order chi connectivity index (χ1) is 12.5. The molecule has 0 saturated heterocycles. The molecule has 0 bridgehead atoms. The Kier molecular flexibility index (Phi) is 6.95. The Morgan fingerprint density at radius 1 is 1.38 bits per heavy atom. The van der Waals surface area contributed by atoms with Gasteiger partial charge in [0.05, 0.1) is 34.3 Å². The lowest BCUT2D eigenvalue weighted by Crippen LogP contribution is -2.12. The third-order valence-corrected chi connectivity index (χ3v) is 3.92. The van der Waals surface area contributed by atoms with Gasteiger partial charge in [-0.05, 0) is 42.8 Å². The first kappa shape index (κ1) is 19.2. The van der Waals surface area contributed by atoms with E-state index in [1.807, 2.05) is 0 Å². The van der Waals surface area contributed by atoms with E-state index in [0.717, 1.165) is 12.1 Å². The molecule has 1 N–H and O–H groups in total. The normalized spacial score (nSPS) is 9.92. The first-order valence-electron chi connectivity index (χ1n) is 7.44. The number of nitrogens with zero attached hydrogens (tertiary/aromatic N) is 4. The fourth-order valence-electron chi connectivity index (χ4n) is 1.87. The predicted molar refractivity (Wildman–Crippen MR) is 94.8 cm³/mol. The van der Waals surface area contributed by atoms with Crippen molar-refractivity contribution in [3.8, 4) is 0 Å². The van der Waals surface area contributed by atoms with Crippen molar-refractivity contribution in [2.45, 2.75) is 11.9 Å². The number of halogens is 1. The van der Waals surface area contributed by atoms with Gasteiger partial charge in [-0.15, -0.1) is 0 Å². The number of rotatable bonds is 7. The average Bonchev–Trinajstić information content (AvgIpc) is 2.63. The summed E-state index contributed by atoms with van der Waals surface area (Å²) in [5.41, 5.74) is 8.91. The Morgan fingerprint density at radius 3 is 2.85 bits per heavy atom. The van der Waals surface area contributed by atoms with Crippen LogP contribution >= 0.6 is 11.8 Å². The lowest BCUT2D eigenvalue weighted by atomic mass is 10.2. The number of thioether (sulfide) groups is 1. The molecule has 0 aliphatic heterocycles. The molecule has 26 heavy (non-hydrogen) atoms. The molecule has 0 radical (unpaired) electrons. The molecular formula is C16H14FN5O3S. The maximum absolute atomic E-state index is 13.2. The van der Waals surface area contributed by atoms with Crippen LogP contribution in [0.4, 0.5) is 15.8 Å². The van der Waals surface area contributed by atoms with Gasteiger partial charge in [-0.25, -0.2) is 9.37 Å². The number of azide groups is 1. The average molecular weight is 375 g/mol. The van der Waals surface area contributed by atoms with Crippen molar-refractivity contribution in [3.63, 3.8) is 0 Å². The van der Waals surface area contributed by atoms with E-state index in [1.54, 1.807) is 13.0 Å². The van der Waals surface area contributed by atoms with Crippen LogP contribution in [0.15, 0.2) is 46.7 Å². The van der Waals surface area contributed by atoms with Crippen LogP contribution in [0.1, 0.15) is 17.3 Å². The Hall–Kier alpha value is -3.10. The van der Waals surface area contributed by atoms with E-state index in [9.17, 15) is 14.0 Å². The molecule has 0 spiro atoms. The van der Waals surface area contributed by atoms with Crippen LogP contribution in [0.3, 0.4) is 0 Å². The summed E-state index contributed by atoms with van der Waals surface area (Å²) in [7, 11) is 0. The number of ether oxygens (including phenoxy) is 1. The highest BCUT2D eigenvalue weighted by Gasteiger charge is 2.11. The molecular weight excluding hydrogens is 361 g/mol. The van der Waals surface area contributed by atoms with Crippen LogP contribution in [0.25, 0.3) is 10.4 Å². The van der Waals surface area contributed by atoms with Crippen LogP contribution in [-0.4, -0.2) is 29.2 Å². The zero-order valence-corrected chi connectivity index (χ0v) is 14.5. The number of nitrogens with one attached hydrogen (secondary N) is 1. The van der Waals surface area contributed by atoms with Crippen LogP contribution in [-0.2, 0) is 9.53 Å². The second-order valence-electron chi connectivity index (χ2n) is 4.78. The van der Waals surface area contributed by atoms with E-state index in [1.165, 1.54) is 30.1 Å². The second kappa shape index (κ2) is 9.40. The van der Waals surface area contributed by atoms with Gasteiger partial charge in [0, 0.05) is 11.1 Å². The minimum absolute atomic E-state index is 0.0320. The maximum atomic E-state index is 13.2. The monoisotopic (exact) mass is 375 g/mol. The van der Waals surface area contributed by atoms with Gasteiger partial charge in [0.15, 0.2) is 0 Å². The minimum atomic E-state index is -0.588. The number of pyridine rings is 1. The topological polar surface area (TPSA) is 117 Å². The van der Waals surface area contributed by atoms with Crippen molar-refractivity contribution in [1.82, 2.24) is 4.98 Å². The molecule has 1 aromatic heterocycles. The highest BCUT2D eigenvalue weighted by atomic mass is 32.2. The van der Waals surface area contributed by atoms with Gasteiger partial charge in [0.2, 0.25) is 0 Å². The van der Waals surface area contributed by atoms with E-state index in [2.05, 4.69) is 20.3 Å². The lowest BCUT2D eigenvalue weighted by molar-refractivity contribution is -0.139. The van der Waals surface area contributed by atoms with Crippen LogP contribution in [0.2, 0.25) is 0 Å². The second-order valence-corrected chi connectivity index (χ2v) is 5.78. The molecule has 1 amide bonds. The number of amides is 1. The van der Waals surface area contributed by atoms with Crippen LogP contribution in [0.5, 0.6) is 0 Å². The molecule has 2 aromatic rings. The molecule has 0 fully saturated rings. The fraction of sp³-hybridized carbons (Fsp3) is 0.188. The highest BCUT2D eigenvalue weighted by molar-refractivity contribution is 7.99. The third-order valence-electron chi connectivity index (χ3n) is 3.00. The molecule has 0 saturated carbocycles. The number of hydrogen-bond donors (Lipinski definition) is 1. The summed E-state index contributed by atoms with van der Waals surface area (Å²) in [5.74, 6) is -1.31. The van der Waals surface area contributed by atoms with Crippen molar-refractivity contribution in [2.75, 3.05) is 17.7 Å². The van der Waals surface area contributed by atoms with Gasteiger partial charge in [-0.2, -0.15) is 0 Å². The summed E-state index contributed by atoms with van der Waals surface area (Å²) in [6, 6.07) is 6.58. The van der Waals surface area contributed by atoms with Crippen molar-refractivity contribution in [3.05, 3.63) is 58.4 Å². The standard InChI is InChI=1S/C16H14FN5O3S/c1-2-25-15(23)9-26-14-6-3-10(8-19-14)16(24)20-12-5-4-11(17)7-13(12)21-22-18/h3-8H,2,9H2,1H3,(H,20,24). The molecule has 134 valence electrons. The van der Waals surface area contributed by atoms with Gasteiger partial charge >= 0.3 is 5.97 Å².